The number of benzene rings is 1. The number of aromatic hydroxyl groups is 1. The zero-order valence-corrected chi connectivity index (χ0v) is 14.3. The number of nitrogens with zero attached hydrogens (tertiary/aromatic N) is 3. The molecule has 1 aliphatic heterocycles. The third-order valence-corrected chi connectivity index (χ3v) is 5.30. The average Bonchev–Trinajstić information content (AvgIpc) is 3.04. The highest BCUT2D eigenvalue weighted by atomic mass is 16.5. The van der Waals surface area contributed by atoms with Crippen LogP contribution in [0.15, 0.2) is 30.5 Å². The highest BCUT2D eigenvalue weighted by molar-refractivity contribution is 5.41. The van der Waals surface area contributed by atoms with Gasteiger partial charge in [-0.1, -0.05) is 6.07 Å². The van der Waals surface area contributed by atoms with E-state index in [2.05, 4.69) is 10.00 Å². The maximum Gasteiger partial charge on any atom is 0.117 e. The molecule has 2 aliphatic rings. The summed E-state index contributed by atoms with van der Waals surface area (Å²) in [5, 5.41) is 24.7. The summed E-state index contributed by atoms with van der Waals surface area (Å²) in [6, 6.07) is 7.10. The van der Waals surface area contributed by atoms with Gasteiger partial charge in [-0.2, -0.15) is 5.10 Å². The molecule has 2 N–H and O–H groups in total. The van der Waals surface area contributed by atoms with Gasteiger partial charge in [0.25, 0.3) is 0 Å². The van der Waals surface area contributed by atoms with Crippen LogP contribution in [0.25, 0.3) is 5.69 Å². The van der Waals surface area contributed by atoms with Crippen molar-refractivity contribution in [2.75, 3.05) is 32.8 Å². The van der Waals surface area contributed by atoms with Gasteiger partial charge >= 0.3 is 0 Å². The van der Waals surface area contributed by atoms with Gasteiger partial charge in [-0.3, -0.25) is 4.90 Å². The summed E-state index contributed by atoms with van der Waals surface area (Å²) >= 11 is 0. The topological polar surface area (TPSA) is 70.8 Å². The molecular weight excluding hydrogens is 318 g/mol. The number of aliphatic hydroxyl groups excluding tert-OH is 1. The Morgan fingerprint density at radius 1 is 1.24 bits per heavy atom. The van der Waals surface area contributed by atoms with Crippen molar-refractivity contribution in [2.24, 2.45) is 0 Å². The lowest BCUT2D eigenvalue weighted by molar-refractivity contribution is 0.0353. The van der Waals surface area contributed by atoms with Crippen LogP contribution >= 0.6 is 0 Å². The van der Waals surface area contributed by atoms with E-state index >= 15 is 0 Å². The van der Waals surface area contributed by atoms with Crippen LogP contribution in [0.5, 0.6) is 5.75 Å². The minimum atomic E-state index is -0.338. The highest BCUT2D eigenvalue weighted by Gasteiger charge is 2.30. The molecule has 6 heteroatoms. The molecule has 0 amide bonds. The smallest absolute Gasteiger partial charge is 0.117 e. The standard InChI is InChI=1S/C19H25N3O3/c23-16-3-1-2-15(11-16)22-19-12-17(24)10-14(18(19)13-20-22)4-5-21-6-8-25-9-7-21/h1-3,11,13-14,17,23-24H,4-10,12H2. The summed E-state index contributed by atoms with van der Waals surface area (Å²) in [5.41, 5.74) is 3.14. The minimum absolute atomic E-state index is 0.224. The van der Waals surface area contributed by atoms with Crippen LogP contribution in [0.3, 0.4) is 0 Å². The molecule has 134 valence electrons. The van der Waals surface area contributed by atoms with E-state index in [4.69, 9.17) is 4.74 Å². The summed E-state index contributed by atoms with van der Waals surface area (Å²) in [4.78, 5) is 2.43. The number of fused-ring (bicyclic) bond motifs is 1. The van der Waals surface area contributed by atoms with Crippen LogP contribution in [-0.2, 0) is 11.2 Å². The first-order valence-corrected chi connectivity index (χ1v) is 9.05. The van der Waals surface area contributed by atoms with Crippen LogP contribution in [0, 0.1) is 0 Å². The molecule has 0 spiro atoms. The number of aromatic nitrogens is 2. The number of rotatable bonds is 4. The van der Waals surface area contributed by atoms with Crippen molar-refractivity contribution in [1.29, 1.82) is 0 Å². The van der Waals surface area contributed by atoms with Gasteiger partial charge in [0, 0.05) is 25.6 Å². The molecule has 1 aliphatic carbocycles. The first-order valence-electron chi connectivity index (χ1n) is 9.05. The Hall–Kier alpha value is -1.89. The zero-order chi connectivity index (χ0) is 17.2. The second-order valence-electron chi connectivity index (χ2n) is 7.01. The molecule has 2 aromatic rings. The molecule has 1 aromatic carbocycles. The van der Waals surface area contributed by atoms with E-state index in [1.165, 1.54) is 5.56 Å². The van der Waals surface area contributed by atoms with E-state index in [0.29, 0.717) is 12.3 Å². The quantitative estimate of drug-likeness (QED) is 0.884. The van der Waals surface area contributed by atoms with E-state index in [-0.39, 0.29) is 11.9 Å². The first kappa shape index (κ1) is 16.6. The van der Waals surface area contributed by atoms with Crippen molar-refractivity contribution in [3.63, 3.8) is 0 Å². The predicted molar refractivity (Wildman–Crippen MR) is 94.2 cm³/mol. The van der Waals surface area contributed by atoms with E-state index in [0.717, 1.165) is 57.1 Å². The van der Waals surface area contributed by atoms with E-state index in [1.807, 2.05) is 23.0 Å². The number of ether oxygens (including phenoxy) is 1. The SMILES string of the molecule is Oc1cccc(-n2ncc3c2CC(O)CC3CCN2CCOCC2)c1. The number of hydrogen-bond acceptors (Lipinski definition) is 5. The van der Waals surface area contributed by atoms with Crippen molar-refractivity contribution in [3.05, 3.63) is 41.7 Å². The Bertz CT molecular complexity index is 724. The molecule has 2 atom stereocenters. The minimum Gasteiger partial charge on any atom is -0.508 e. The van der Waals surface area contributed by atoms with E-state index in [9.17, 15) is 10.2 Å². The number of phenolic OH excluding ortho intramolecular Hbond substituents is 1. The number of aliphatic hydroxyl groups is 1. The molecule has 2 unspecified atom stereocenters. The lowest BCUT2D eigenvalue weighted by Crippen LogP contribution is -2.37. The van der Waals surface area contributed by atoms with Crippen molar-refractivity contribution in [2.45, 2.75) is 31.3 Å². The largest absolute Gasteiger partial charge is 0.508 e. The lowest BCUT2D eigenvalue weighted by Gasteiger charge is -2.31. The summed E-state index contributed by atoms with van der Waals surface area (Å²) in [5.74, 6) is 0.551. The fraction of sp³-hybridized carbons (Fsp3) is 0.526. The summed E-state index contributed by atoms with van der Waals surface area (Å²) < 4.78 is 7.27. The normalized spacial score (nSPS) is 24.2. The summed E-state index contributed by atoms with van der Waals surface area (Å²) in [6.07, 6.45) is 4.03. The van der Waals surface area contributed by atoms with Crippen molar-refractivity contribution < 1.29 is 14.9 Å². The van der Waals surface area contributed by atoms with Gasteiger partial charge in [-0.05, 0) is 43.0 Å². The van der Waals surface area contributed by atoms with Crippen molar-refractivity contribution in [3.8, 4) is 11.4 Å². The molecule has 4 rings (SSSR count). The Morgan fingerprint density at radius 3 is 2.88 bits per heavy atom. The molecule has 0 radical (unpaired) electrons. The predicted octanol–water partition coefficient (Wildman–Crippen LogP) is 1.69. The van der Waals surface area contributed by atoms with Gasteiger partial charge < -0.3 is 14.9 Å². The summed E-state index contributed by atoms with van der Waals surface area (Å²) in [6.45, 7) is 4.63. The Balaban J connectivity index is 1.55. The molecular formula is C19H25N3O3. The Kier molecular flexibility index (Phi) is 4.74. The molecule has 0 bridgehead atoms. The van der Waals surface area contributed by atoms with Gasteiger partial charge in [-0.15, -0.1) is 0 Å². The second kappa shape index (κ2) is 7.15. The molecule has 6 nitrogen and oxygen atoms in total. The molecule has 1 fully saturated rings. The molecule has 1 aromatic heterocycles. The average molecular weight is 343 g/mol. The third kappa shape index (κ3) is 3.56. The fourth-order valence-corrected chi connectivity index (χ4v) is 3.98. The summed E-state index contributed by atoms with van der Waals surface area (Å²) in [7, 11) is 0. The van der Waals surface area contributed by atoms with Crippen LogP contribution < -0.4 is 0 Å². The lowest BCUT2D eigenvalue weighted by atomic mass is 9.83. The molecule has 2 heterocycles. The first-order chi connectivity index (χ1) is 12.2. The Morgan fingerprint density at radius 2 is 2.08 bits per heavy atom. The Labute approximate surface area is 147 Å². The highest BCUT2D eigenvalue weighted by Crippen LogP contribution is 2.35. The van der Waals surface area contributed by atoms with Gasteiger partial charge in [0.05, 0.1) is 36.9 Å². The van der Waals surface area contributed by atoms with E-state index < -0.39 is 0 Å². The fourth-order valence-electron chi connectivity index (χ4n) is 3.98. The van der Waals surface area contributed by atoms with Crippen molar-refractivity contribution >= 4 is 0 Å². The number of phenols is 1. The number of morpholine rings is 1. The maximum absolute atomic E-state index is 10.4. The second-order valence-corrected chi connectivity index (χ2v) is 7.01. The van der Waals surface area contributed by atoms with Crippen molar-refractivity contribution in [1.82, 2.24) is 14.7 Å². The number of hydrogen-bond donors (Lipinski definition) is 2. The van der Waals surface area contributed by atoms with Gasteiger partial charge in [0.1, 0.15) is 5.75 Å². The zero-order valence-electron chi connectivity index (χ0n) is 14.3. The van der Waals surface area contributed by atoms with E-state index in [1.54, 1.807) is 12.1 Å². The van der Waals surface area contributed by atoms with Crippen LogP contribution in [0.4, 0.5) is 0 Å². The molecule has 1 saturated heterocycles. The van der Waals surface area contributed by atoms with Crippen LogP contribution in [-0.4, -0.2) is 63.8 Å². The third-order valence-electron chi connectivity index (χ3n) is 5.30. The molecule has 25 heavy (non-hydrogen) atoms. The maximum atomic E-state index is 10.4. The van der Waals surface area contributed by atoms with Crippen LogP contribution in [0.1, 0.15) is 30.0 Å². The molecule has 0 saturated carbocycles. The van der Waals surface area contributed by atoms with Gasteiger partial charge in [0.15, 0.2) is 0 Å². The monoisotopic (exact) mass is 343 g/mol. The van der Waals surface area contributed by atoms with Gasteiger partial charge in [-0.25, -0.2) is 4.68 Å². The van der Waals surface area contributed by atoms with Crippen LogP contribution in [0.2, 0.25) is 0 Å². The van der Waals surface area contributed by atoms with Gasteiger partial charge in [0.2, 0.25) is 0 Å².